The van der Waals surface area contributed by atoms with E-state index in [9.17, 15) is 14.4 Å². The number of hydrogen-bond acceptors (Lipinski definition) is 3. The molecule has 0 bridgehead atoms. The summed E-state index contributed by atoms with van der Waals surface area (Å²) in [4.78, 5) is 35.5. The first-order chi connectivity index (χ1) is 13.9. The first-order valence-corrected chi connectivity index (χ1v) is 10.2. The molecule has 0 radical (unpaired) electrons. The average Bonchev–Trinajstić information content (AvgIpc) is 2.65. The summed E-state index contributed by atoms with van der Waals surface area (Å²) in [6.07, 6.45) is 2.89. The lowest BCUT2D eigenvalue weighted by Gasteiger charge is -2.43. The number of urea groups is 1. The molecule has 0 saturated heterocycles. The van der Waals surface area contributed by atoms with Gasteiger partial charge in [0.05, 0.1) is 5.54 Å². The van der Waals surface area contributed by atoms with Crippen LogP contribution in [0.5, 0.6) is 0 Å². The second-order valence-corrected chi connectivity index (χ2v) is 7.99. The van der Waals surface area contributed by atoms with Gasteiger partial charge in [-0.25, -0.2) is 4.79 Å². The smallest absolute Gasteiger partial charge is 0.319 e. The topological polar surface area (TPSA) is 113 Å². The van der Waals surface area contributed by atoms with Gasteiger partial charge in [0.25, 0.3) is 5.91 Å². The van der Waals surface area contributed by atoms with Crippen molar-refractivity contribution in [2.75, 3.05) is 11.9 Å². The number of benzene rings is 2. The SMILES string of the molecule is NC(=O)CCNC(=O)c1cccc(NC(=O)NC2(c3ccc(Br)cc3)CCC2)c1. The summed E-state index contributed by atoms with van der Waals surface area (Å²) in [7, 11) is 0. The van der Waals surface area contributed by atoms with Crippen LogP contribution in [0.3, 0.4) is 0 Å². The highest BCUT2D eigenvalue weighted by molar-refractivity contribution is 9.10. The first kappa shape index (κ1) is 20.9. The Bertz CT molecular complexity index is 910. The van der Waals surface area contributed by atoms with Gasteiger partial charge in [-0.3, -0.25) is 9.59 Å². The van der Waals surface area contributed by atoms with E-state index in [1.807, 2.05) is 24.3 Å². The molecule has 4 amide bonds. The number of halogens is 1. The van der Waals surface area contributed by atoms with Gasteiger partial charge in [0, 0.05) is 28.7 Å². The van der Waals surface area contributed by atoms with Gasteiger partial charge >= 0.3 is 6.03 Å². The van der Waals surface area contributed by atoms with Gasteiger partial charge in [-0.05, 0) is 55.2 Å². The molecule has 0 spiro atoms. The van der Waals surface area contributed by atoms with E-state index in [1.54, 1.807) is 24.3 Å². The van der Waals surface area contributed by atoms with E-state index in [-0.39, 0.29) is 30.4 Å². The fourth-order valence-electron chi connectivity index (χ4n) is 3.30. The first-order valence-electron chi connectivity index (χ1n) is 9.40. The molecule has 1 saturated carbocycles. The standard InChI is InChI=1S/C21H23BrN4O3/c22-16-7-5-15(6-8-16)21(10-2-11-21)26-20(29)25-17-4-1-3-14(13-17)19(28)24-12-9-18(23)27/h1,3-8,13H,2,9-12H2,(H2,23,27)(H,24,28)(H2,25,26,29). The molecule has 2 aromatic carbocycles. The molecule has 0 atom stereocenters. The highest BCUT2D eigenvalue weighted by Gasteiger charge is 2.40. The Morgan fingerprint density at radius 3 is 2.41 bits per heavy atom. The van der Waals surface area contributed by atoms with Crippen molar-refractivity contribution >= 4 is 39.5 Å². The molecule has 1 aliphatic carbocycles. The zero-order chi connectivity index (χ0) is 20.9. The van der Waals surface area contributed by atoms with Gasteiger partial charge < -0.3 is 21.7 Å². The van der Waals surface area contributed by atoms with E-state index in [0.29, 0.717) is 11.3 Å². The predicted octanol–water partition coefficient (Wildman–Crippen LogP) is 3.26. The third-order valence-corrected chi connectivity index (χ3v) is 5.52. The van der Waals surface area contributed by atoms with Crippen LogP contribution in [0.4, 0.5) is 10.5 Å². The van der Waals surface area contributed by atoms with Crippen molar-refractivity contribution in [3.63, 3.8) is 0 Å². The van der Waals surface area contributed by atoms with Crippen molar-refractivity contribution in [2.45, 2.75) is 31.2 Å². The molecule has 7 nitrogen and oxygen atoms in total. The summed E-state index contributed by atoms with van der Waals surface area (Å²) >= 11 is 3.43. The molecule has 152 valence electrons. The molecule has 0 aliphatic heterocycles. The fourth-order valence-corrected chi connectivity index (χ4v) is 3.57. The number of carbonyl (C=O) groups excluding carboxylic acids is 3. The number of anilines is 1. The minimum absolute atomic E-state index is 0.0736. The highest BCUT2D eigenvalue weighted by atomic mass is 79.9. The number of rotatable bonds is 7. The van der Waals surface area contributed by atoms with Crippen LogP contribution in [0.15, 0.2) is 53.0 Å². The lowest BCUT2D eigenvalue weighted by molar-refractivity contribution is -0.117. The second kappa shape index (κ2) is 9.09. The van der Waals surface area contributed by atoms with Crippen LogP contribution in [0, 0.1) is 0 Å². The number of nitrogens with two attached hydrogens (primary N) is 1. The van der Waals surface area contributed by atoms with Crippen molar-refractivity contribution < 1.29 is 14.4 Å². The summed E-state index contributed by atoms with van der Waals surface area (Å²) in [5.74, 6) is -0.811. The molecule has 2 aromatic rings. The van der Waals surface area contributed by atoms with Gasteiger partial charge in [0.15, 0.2) is 0 Å². The quantitative estimate of drug-likeness (QED) is 0.510. The van der Waals surface area contributed by atoms with Gasteiger partial charge in [0.1, 0.15) is 0 Å². The van der Waals surface area contributed by atoms with Crippen LogP contribution < -0.4 is 21.7 Å². The molecule has 1 aliphatic rings. The Morgan fingerprint density at radius 1 is 1.07 bits per heavy atom. The van der Waals surface area contributed by atoms with Gasteiger partial charge in [0.2, 0.25) is 5.91 Å². The van der Waals surface area contributed by atoms with Crippen molar-refractivity contribution in [3.8, 4) is 0 Å². The largest absolute Gasteiger partial charge is 0.370 e. The third kappa shape index (κ3) is 5.35. The number of nitrogens with one attached hydrogen (secondary N) is 3. The van der Waals surface area contributed by atoms with Crippen LogP contribution >= 0.6 is 15.9 Å². The van der Waals surface area contributed by atoms with Gasteiger partial charge in [-0.2, -0.15) is 0 Å². The van der Waals surface area contributed by atoms with Crippen molar-refractivity contribution in [1.82, 2.24) is 10.6 Å². The molecule has 8 heteroatoms. The maximum atomic E-state index is 12.6. The van der Waals surface area contributed by atoms with E-state index in [4.69, 9.17) is 5.73 Å². The summed E-state index contributed by atoms with van der Waals surface area (Å²) < 4.78 is 0.992. The normalized spacial score (nSPS) is 14.4. The Labute approximate surface area is 177 Å². The molecule has 3 rings (SSSR count). The summed E-state index contributed by atoms with van der Waals surface area (Å²) in [5, 5.41) is 8.52. The Balaban J connectivity index is 1.62. The Kier molecular flexibility index (Phi) is 6.53. The third-order valence-electron chi connectivity index (χ3n) is 5.00. The number of hydrogen-bond donors (Lipinski definition) is 4. The number of amides is 4. The van der Waals surface area contributed by atoms with E-state index >= 15 is 0 Å². The molecule has 29 heavy (non-hydrogen) atoms. The Morgan fingerprint density at radius 2 is 1.79 bits per heavy atom. The fraction of sp³-hybridized carbons (Fsp3) is 0.286. The molecule has 5 N–H and O–H groups in total. The number of primary amides is 1. The van der Waals surface area contributed by atoms with Crippen molar-refractivity contribution in [2.24, 2.45) is 5.73 Å². The molecule has 0 aromatic heterocycles. The van der Waals surface area contributed by atoms with Crippen LogP contribution in [0.1, 0.15) is 41.6 Å². The van der Waals surface area contributed by atoms with Crippen molar-refractivity contribution in [1.29, 1.82) is 0 Å². The number of carbonyl (C=O) groups is 3. The van der Waals surface area contributed by atoms with E-state index in [0.717, 1.165) is 29.3 Å². The van der Waals surface area contributed by atoms with Crippen LogP contribution in [-0.4, -0.2) is 24.4 Å². The maximum absolute atomic E-state index is 12.6. The van der Waals surface area contributed by atoms with Gasteiger partial charge in [-0.15, -0.1) is 0 Å². The molecule has 0 heterocycles. The van der Waals surface area contributed by atoms with Gasteiger partial charge in [-0.1, -0.05) is 34.1 Å². The average molecular weight is 459 g/mol. The molecular weight excluding hydrogens is 436 g/mol. The lowest BCUT2D eigenvalue weighted by Crippen LogP contribution is -2.52. The molecular formula is C21H23BrN4O3. The Hall–Kier alpha value is -2.87. The van der Waals surface area contributed by atoms with E-state index in [1.165, 1.54) is 0 Å². The van der Waals surface area contributed by atoms with Crippen LogP contribution in [-0.2, 0) is 10.3 Å². The second-order valence-electron chi connectivity index (χ2n) is 7.07. The highest BCUT2D eigenvalue weighted by Crippen LogP contribution is 2.41. The predicted molar refractivity (Wildman–Crippen MR) is 114 cm³/mol. The lowest BCUT2D eigenvalue weighted by atomic mass is 9.72. The zero-order valence-corrected chi connectivity index (χ0v) is 17.4. The van der Waals surface area contributed by atoms with Crippen LogP contribution in [0.2, 0.25) is 0 Å². The minimum Gasteiger partial charge on any atom is -0.370 e. The zero-order valence-electron chi connectivity index (χ0n) is 15.8. The van der Waals surface area contributed by atoms with E-state index < -0.39 is 5.91 Å². The summed E-state index contributed by atoms with van der Waals surface area (Å²) in [6.45, 7) is 0.169. The van der Waals surface area contributed by atoms with Crippen molar-refractivity contribution in [3.05, 3.63) is 64.1 Å². The monoisotopic (exact) mass is 458 g/mol. The van der Waals surface area contributed by atoms with E-state index in [2.05, 4.69) is 31.9 Å². The van der Waals surface area contributed by atoms with Crippen LogP contribution in [0.25, 0.3) is 0 Å². The molecule has 1 fully saturated rings. The minimum atomic E-state index is -0.479. The molecule has 0 unspecified atom stereocenters. The summed E-state index contributed by atoms with van der Waals surface area (Å²) in [5.41, 5.74) is 6.67. The maximum Gasteiger partial charge on any atom is 0.319 e. The summed E-state index contributed by atoms with van der Waals surface area (Å²) in [6, 6.07) is 14.3.